The normalized spacial score (nSPS) is 21.7. The van der Waals surface area contributed by atoms with Gasteiger partial charge in [-0.15, -0.1) is 11.3 Å². The Bertz CT molecular complexity index is 479. The van der Waals surface area contributed by atoms with Crippen molar-refractivity contribution in [2.24, 2.45) is 5.92 Å². The first-order chi connectivity index (χ1) is 10.2. The third-order valence-corrected chi connectivity index (χ3v) is 5.99. The lowest BCUT2D eigenvalue weighted by molar-refractivity contribution is -0.138. The van der Waals surface area contributed by atoms with E-state index in [4.69, 9.17) is 0 Å². The van der Waals surface area contributed by atoms with Crippen LogP contribution in [0.4, 0.5) is 0 Å². The molecular formula is C15H22BrN3OS. The Morgan fingerprint density at radius 2 is 1.95 bits per heavy atom. The lowest BCUT2D eigenvalue weighted by atomic mass is 9.96. The summed E-state index contributed by atoms with van der Waals surface area (Å²) in [5.41, 5.74) is 0. The molecule has 0 unspecified atom stereocenters. The second-order valence-electron chi connectivity index (χ2n) is 5.83. The van der Waals surface area contributed by atoms with Crippen molar-refractivity contribution < 1.29 is 4.79 Å². The van der Waals surface area contributed by atoms with E-state index in [9.17, 15) is 4.79 Å². The zero-order valence-electron chi connectivity index (χ0n) is 12.2. The molecule has 21 heavy (non-hydrogen) atoms. The topological polar surface area (TPSA) is 35.6 Å². The van der Waals surface area contributed by atoms with Crippen LogP contribution in [0.2, 0.25) is 0 Å². The van der Waals surface area contributed by atoms with E-state index in [2.05, 4.69) is 43.2 Å². The van der Waals surface area contributed by atoms with E-state index in [1.54, 1.807) is 11.3 Å². The molecule has 1 amide bonds. The Balaban J connectivity index is 1.47. The molecule has 6 heteroatoms. The highest BCUT2D eigenvalue weighted by atomic mass is 79.9. The lowest BCUT2D eigenvalue weighted by Gasteiger charge is -2.37. The van der Waals surface area contributed by atoms with E-state index in [1.807, 2.05) is 0 Å². The van der Waals surface area contributed by atoms with Crippen LogP contribution in [0.3, 0.4) is 0 Å². The van der Waals surface area contributed by atoms with E-state index >= 15 is 0 Å². The number of rotatable bonds is 3. The first-order valence-corrected chi connectivity index (χ1v) is 9.29. The van der Waals surface area contributed by atoms with Crippen molar-refractivity contribution in [3.8, 4) is 0 Å². The molecule has 2 saturated heterocycles. The molecule has 0 atom stereocenters. The molecule has 0 bridgehead atoms. The van der Waals surface area contributed by atoms with Crippen LogP contribution < -0.4 is 5.32 Å². The molecule has 1 aromatic rings. The highest BCUT2D eigenvalue weighted by Gasteiger charge is 2.28. The number of nitrogens with one attached hydrogen (secondary N) is 1. The van der Waals surface area contributed by atoms with Gasteiger partial charge in [0.2, 0.25) is 5.91 Å². The Labute approximate surface area is 138 Å². The van der Waals surface area contributed by atoms with E-state index in [-0.39, 0.29) is 5.92 Å². The van der Waals surface area contributed by atoms with Crippen molar-refractivity contribution in [3.05, 3.63) is 20.8 Å². The van der Waals surface area contributed by atoms with E-state index < -0.39 is 0 Å². The molecule has 0 radical (unpaired) electrons. The van der Waals surface area contributed by atoms with Crippen LogP contribution in [0, 0.1) is 5.92 Å². The van der Waals surface area contributed by atoms with Crippen LogP contribution in [0.15, 0.2) is 15.9 Å². The van der Waals surface area contributed by atoms with Gasteiger partial charge in [-0.25, -0.2) is 0 Å². The predicted molar refractivity (Wildman–Crippen MR) is 89.5 cm³/mol. The van der Waals surface area contributed by atoms with Crippen LogP contribution in [-0.2, 0) is 11.3 Å². The van der Waals surface area contributed by atoms with Gasteiger partial charge in [0.1, 0.15) is 0 Å². The molecular weight excluding hydrogens is 350 g/mol. The number of piperidine rings is 1. The molecule has 2 aliphatic rings. The van der Waals surface area contributed by atoms with E-state index in [0.717, 1.165) is 58.7 Å². The minimum Gasteiger partial charge on any atom is -0.340 e. The second-order valence-corrected chi connectivity index (χ2v) is 8.38. The van der Waals surface area contributed by atoms with Gasteiger partial charge in [0, 0.05) is 43.5 Å². The van der Waals surface area contributed by atoms with Gasteiger partial charge in [-0.3, -0.25) is 9.69 Å². The smallest absolute Gasteiger partial charge is 0.225 e. The molecule has 4 nitrogen and oxygen atoms in total. The minimum absolute atomic E-state index is 0.256. The van der Waals surface area contributed by atoms with Gasteiger partial charge < -0.3 is 10.2 Å². The van der Waals surface area contributed by atoms with Crippen molar-refractivity contribution in [1.82, 2.24) is 15.1 Å². The largest absolute Gasteiger partial charge is 0.340 e. The Hall–Kier alpha value is -0.430. The van der Waals surface area contributed by atoms with Gasteiger partial charge in [0.15, 0.2) is 0 Å². The van der Waals surface area contributed by atoms with Crippen LogP contribution in [0.1, 0.15) is 17.7 Å². The third kappa shape index (κ3) is 4.06. The maximum absolute atomic E-state index is 12.5. The first-order valence-electron chi connectivity index (χ1n) is 7.68. The number of hydrogen-bond acceptors (Lipinski definition) is 4. The highest BCUT2D eigenvalue weighted by Crippen LogP contribution is 2.24. The Morgan fingerprint density at radius 3 is 2.57 bits per heavy atom. The summed E-state index contributed by atoms with van der Waals surface area (Å²) in [6, 6.07) is 4.29. The fourth-order valence-electron chi connectivity index (χ4n) is 3.11. The SMILES string of the molecule is O=C(C1CCNCC1)N1CCN(Cc2ccc(Br)s2)CC1. The van der Waals surface area contributed by atoms with Crippen molar-refractivity contribution >= 4 is 33.2 Å². The molecule has 0 aliphatic carbocycles. The summed E-state index contributed by atoms with van der Waals surface area (Å²) < 4.78 is 1.19. The average molecular weight is 372 g/mol. The zero-order chi connectivity index (χ0) is 14.7. The molecule has 116 valence electrons. The molecule has 2 aliphatic heterocycles. The molecule has 2 fully saturated rings. The van der Waals surface area contributed by atoms with Crippen molar-refractivity contribution in [2.45, 2.75) is 19.4 Å². The molecule has 3 rings (SSSR count). The number of carbonyl (C=O) groups is 1. The van der Waals surface area contributed by atoms with Gasteiger partial charge in [-0.2, -0.15) is 0 Å². The number of amides is 1. The summed E-state index contributed by atoms with van der Waals surface area (Å²) in [5, 5.41) is 3.33. The maximum Gasteiger partial charge on any atom is 0.225 e. The number of thiophene rings is 1. The van der Waals surface area contributed by atoms with Gasteiger partial charge in [-0.1, -0.05) is 0 Å². The highest BCUT2D eigenvalue weighted by molar-refractivity contribution is 9.11. The van der Waals surface area contributed by atoms with Crippen LogP contribution in [0.25, 0.3) is 0 Å². The second kappa shape index (κ2) is 7.22. The zero-order valence-corrected chi connectivity index (χ0v) is 14.6. The summed E-state index contributed by atoms with van der Waals surface area (Å²) in [4.78, 5) is 18.4. The quantitative estimate of drug-likeness (QED) is 0.883. The summed E-state index contributed by atoms with van der Waals surface area (Å²) in [7, 11) is 0. The number of nitrogens with zero attached hydrogens (tertiary/aromatic N) is 2. The van der Waals surface area contributed by atoms with Crippen molar-refractivity contribution in [1.29, 1.82) is 0 Å². The number of carbonyl (C=O) groups excluding carboxylic acids is 1. The molecule has 0 aromatic carbocycles. The fourth-order valence-corrected chi connectivity index (χ4v) is 4.64. The van der Waals surface area contributed by atoms with Crippen LogP contribution >= 0.6 is 27.3 Å². The average Bonchev–Trinajstić information content (AvgIpc) is 2.93. The number of piperazine rings is 1. The minimum atomic E-state index is 0.256. The van der Waals surface area contributed by atoms with E-state index in [0.29, 0.717) is 5.91 Å². The standard InChI is InChI=1S/C15H22BrN3OS/c16-14-2-1-13(21-14)11-18-7-9-19(10-8-18)15(20)12-3-5-17-6-4-12/h1-2,12,17H,3-11H2. The van der Waals surface area contributed by atoms with Crippen molar-refractivity contribution in [2.75, 3.05) is 39.3 Å². The maximum atomic E-state index is 12.5. The number of halogens is 1. The monoisotopic (exact) mass is 371 g/mol. The fraction of sp³-hybridized carbons (Fsp3) is 0.667. The molecule has 1 N–H and O–H groups in total. The van der Waals surface area contributed by atoms with Gasteiger partial charge in [0.25, 0.3) is 0 Å². The molecule has 3 heterocycles. The first kappa shape index (κ1) is 15.5. The summed E-state index contributed by atoms with van der Waals surface area (Å²) in [6.45, 7) is 6.74. The van der Waals surface area contributed by atoms with E-state index in [1.165, 1.54) is 8.66 Å². The van der Waals surface area contributed by atoms with Gasteiger partial charge in [0.05, 0.1) is 3.79 Å². The molecule has 0 spiro atoms. The Morgan fingerprint density at radius 1 is 1.24 bits per heavy atom. The van der Waals surface area contributed by atoms with Crippen molar-refractivity contribution in [3.63, 3.8) is 0 Å². The van der Waals surface area contributed by atoms with Gasteiger partial charge in [-0.05, 0) is 54.0 Å². The predicted octanol–water partition coefficient (Wildman–Crippen LogP) is 2.15. The lowest BCUT2D eigenvalue weighted by Crippen LogP contribution is -2.51. The molecule has 0 saturated carbocycles. The van der Waals surface area contributed by atoms with Crippen LogP contribution in [-0.4, -0.2) is 55.0 Å². The third-order valence-electron chi connectivity index (χ3n) is 4.38. The van der Waals surface area contributed by atoms with Crippen LogP contribution in [0.5, 0.6) is 0 Å². The summed E-state index contributed by atoms with van der Waals surface area (Å²) in [5.74, 6) is 0.640. The summed E-state index contributed by atoms with van der Waals surface area (Å²) in [6.07, 6.45) is 2.00. The number of hydrogen-bond donors (Lipinski definition) is 1. The molecule has 1 aromatic heterocycles. The van der Waals surface area contributed by atoms with Gasteiger partial charge >= 0.3 is 0 Å². The summed E-state index contributed by atoms with van der Waals surface area (Å²) >= 11 is 5.31. The Kier molecular flexibility index (Phi) is 5.32.